The molecular weight excluding hydrogens is 198 g/mol. The van der Waals surface area contributed by atoms with Gasteiger partial charge in [-0.25, -0.2) is 0 Å². The second-order valence-electron chi connectivity index (χ2n) is 4.27. The van der Waals surface area contributed by atoms with Crippen LogP contribution in [0.2, 0.25) is 0 Å². The molecule has 0 spiro atoms. The van der Waals surface area contributed by atoms with Crippen LogP contribution in [0.4, 0.5) is 0 Å². The van der Waals surface area contributed by atoms with Crippen LogP contribution >= 0.6 is 0 Å². The first-order valence-corrected chi connectivity index (χ1v) is 6.01. The van der Waals surface area contributed by atoms with Crippen molar-refractivity contribution in [2.24, 2.45) is 0 Å². The Kier molecular flexibility index (Phi) is 5.62. The summed E-state index contributed by atoms with van der Waals surface area (Å²) in [7, 11) is 0. The van der Waals surface area contributed by atoms with Gasteiger partial charge in [-0.05, 0) is 18.9 Å². The van der Waals surface area contributed by atoms with Crippen molar-refractivity contribution in [2.75, 3.05) is 6.54 Å². The van der Waals surface area contributed by atoms with Gasteiger partial charge in [-0.15, -0.1) is 0 Å². The summed E-state index contributed by atoms with van der Waals surface area (Å²) in [6.45, 7) is 5.84. The molecule has 0 N–H and O–H groups in total. The molecule has 0 radical (unpaired) electrons. The van der Waals surface area contributed by atoms with E-state index in [4.69, 9.17) is 0 Å². The third-order valence-corrected chi connectivity index (χ3v) is 2.70. The van der Waals surface area contributed by atoms with Gasteiger partial charge in [-0.3, -0.25) is 4.79 Å². The summed E-state index contributed by atoms with van der Waals surface area (Å²) in [5.41, 5.74) is 2.46. The molecule has 0 aliphatic rings. The Morgan fingerprint density at radius 2 is 1.88 bits per heavy atom. The Labute approximate surface area is 98.3 Å². The molecule has 0 saturated heterocycles. The first kappa shape index (κ1) is 12.8. The van der Waals surface area contributed by atoms with Gasteiger partial charge in [0, 0.05) is 13.1 Å². The van der Waals surface area contributed by atoms with E-state index in [2.05, 4.69) is 38.1 Å². The van der Waals surface area contributed by atoms with Crippen LogP contribution in [0.15, 0.2) is 24.3 Å². The molecular formula is C14H21NO. The fraction of sp³-hybridized carbons (Fsp3) is 0.500. The number of amides is 1. The van der Waals surface area contributed by atoms with E-state index in [1.165, 1.54) is 24.0 Å². The van der Waals surface area contributed by atoms with E-state index in [-0.39, 0.29) is 0 Å². The molecule has 0 aliphatic carbocycles. The van der Waals surface area contributed by atoms with Gasteiger partial charge in [0.1, 0.15) is 0 Å². The molecule has 0 fully saturated rings. The maximum Gasteiger partial charge on any atom is 0.210 e. The minimum atomic E-state index is 0.730. The normalized spacial score (nSPS) is 10.1. The standard InChI is InChI=1S/C14H21NO/c1-3-4-5-10-15(12-16)11-14-8-6-13(2)7-9-14/h6-9,12H,3-5,10-11H2,1-2H3. The summed E-state index contributed by atoms with van der Waals surface area (Å²) in [5, 5.41) is 0. The maximum atomic E-state index is 10.9. The van der Waals surface area contributed by atoms with Gasteiger partial charge >= 0.3 is 0 Å². The lowest BCUT2D eigenvalue weighted by Gasteiger charge is -2.17. The Hall–Kier alpha value is -1.31. The number of nitrogens with zero attached hydrogens (tertiary/aromatic N) is 1. The summed E-state index contributed by atoms with van der Waals surface area (Å²) in [6, 6.07) is 8.35. The van der Waals surface area contributed by atoms with Crippen molar-refractivity contribution in [1.82, 2.24) is 4.90 Å². The minimum Gasteiger partial charge on any atom is -0.341 e. The molecule has 0 saturated carbocycles. The lowest BCUT2D eigenvalue weighted by atomic mass is 10.1. The Balaban J connectivity index is 2.43. The van der Waals surface area contributed by atoms with Crippen molar-refractivity contribution in [3.8, 4) is 0 Å². The number of hydrogen-bond acceptors (Lipinski definition) is 1. The third kappa shape index (κ3) is 4.47. The molecule has 2 heteroatoms. The summed E-state index contributed by atoms with van der Waals surface area (Å²) in [6.07, 6.45) is 4.44. The highest BCUT2D eigenvalue weighted by Gasteiger charge is 2.02. The summed E-state index contributed by atoms with van der Waals surface area (Å²) in [4.78, 5) is 12.7. The van der Waals surface area contributed by atoms with Crippen molar-refractivity contribution in [1.29, 1.82) is 0 Å². The highest BCUT2D eigenvalue weighted by atomic mass is 16.1. The average molecular weight is 219 g/mol. The minimum absolute atomic E-state index is 0.730. The number of hydrogen-bond donors (Lipinski definition) is 0. The number of carbonyl (C=O) groups is 1. The van der Waals surface area contributed by atoms with Gasteiger partial charge in [0.2, 0.25) is 6.41 Å². The molecule has 1 rings (SSSR count). The maximum absolute atomic E-state index is 10.9. The van der Waals surface area contributed by atoms with Crippen molar-refractivity contribution in [3.63, 3.8) is 0 Å². The first-order chi connectivity index (χ1) is 7.76. The Morgan fingerprint density at radius 3 is 2.44 bits per heavy atom. The second-order valence-corrected chi connectivity index (χ2v) is 4.27. The van der Waals surface area contributed by atoms with Gasteiger partial charge in [-0.2, -0.15) is 0 Å². The molecule has 0 bridgehead atoms. The molecule has 0 aliphatic heterocycles. The zero-order chi connectivity index (χ0) is 11.8. The van der Waals surface area contributed by atoms with Gasteiger partial charge in [0.15, 0.2) is 0 Å². The van der Waals surface area contributed by atoms with Crippen molar-refractivity contribution in [3.05, 3.63) is 35.4 Å². The van der Waals surface area contributed by atoms with E-state index in [0.717, 1.165) is 25.9 Å². The summed E-state index contributed by atoms with van der Waals surface area (Å²) >= 11 is 0. The first-order valence-electron chi connectivity index (χ1n) is 6.01. The third-order valence-electron chi connectivity index (χ3n) is 2.70. The predicted octanol–water partition coefficient (Wildman–Crippen LogP) is 3.14. The van der Waals surface area contributed by atoms with Crippen LogP contribution in [0.5, 0.6) is 0 Å². The lowest BCUT2D eigenvalue weighted by molar-refractivity contribution is -0.118. The number of carbonyl (C=O) groups excluding carboxylic acids is 1. The van der Waals surface area contributed by atoms with Crippen LogP contribution in [0.25, 0.3) is 0 Å². The van der Waals surface area contributed by atoms with E-state index in [0.29, 0.717) is 0 Å². The monoisotopic (exact) mass is 219 g/mol. The highest BCUT2D eigenvalue weighted by molar-refractivity contribution is 5.47. The summed E-state index contributed by atoms with van der Waals surface area (Å²) < 4.78 is 0. The molecule has 0 atom stereocenters. The van der Waals surface area contributed by atoms with Crippen LogP contribution in [0, 0.1) is 6.92 Å². The molecule has 1 amide bonds. The van der Waals surface area contributed by atoms with Crippen LogP contribution in [-0.2, 0) is 11.3 Å². The SMILES string of the molecule is CCCCCN(C=O)Cc1ccc(C)cc1. The largest absolute Gasteiger partial charge is 0.341 e. The molecule has 88 valence electrons. The van der Waals surface area contributed by atoms with E-state index >= 15 is 0 Å². The van der Waals surface area contributed by atoms with E-state index in [1.54, 1.807) is 0 Å². The molecule has 0 unspecified atom stereocenters. The fourth-order valence-corrected chi connectivity index (χ4v) is 1.66. The van der Waals surface area contributed by atoms with Gasteiger partial charge in [-0.1, -0.05) is 49.6 Å². The molecule has 0 aromatic heterocycles. The van der Waals surface area contributed by atoms with Crippen molar-refractivity contribution < 1.29 is 4.79 Å². The van der Waals surface area contributed by atoms with E-state index in [1.807, 2.05) is 4.90 Å². The zero-order valence-electron chi connectivity index (χ0n) is 10.3. The van der Waals surface area contributed by atoms with Gasteiger partial charge in [0.25, 0.3) is 0 Å². The molecule has 2 nitrogen and oxygen atoms in total. The zero-order valence-corrected chi connectivity index (χ0v) is 10.3. The molecule has 1 aromatic rings. The number of rotatable bonds is 7. The van der Waals surface area contributed by atoms with Crippen LogP contribution < -0.4 is 0 Å². The Morgan fingerprint density at radius 1 is 1.19 bits per heavy atom. The highest BCUT2D eigenvalue weighted by Crippen LogP contribution is 2.07. The van der Waals surface area contributed by atoms with Crippen molar-refractivity contribution >= 4 is 6.41 Å². The van der Waals surface area contributed by atoms with Gasteiger partial charge in [0.05, 0.1) is 0 Å². The van der Waals surface area contributed by atoms with E-state index < -0.39 is 0 Å². The van der Waals surface area contributed by atoms with Crippen LogP contribution in [0.3, 0.4) is 0 Å². The van der Waals surface area contributed by atoms with Crippen LogP contribution in [-0.4, -0.2) is 17.9 Å². The molecule has 16 heavy (non-hydrogen) atoms. The Bertz CT molecular complexity index is 305. The lowest BCUT2D eigenvalue weighted by Crippen LogP contribution is -2.22. The number of aryl methyl sites for hydroxylation is 1. The van der Waals surface area contributed by atoms with Gasteiger partial charge < -0.3 is 4.90 Å². The van der Waals surface area contributed by atoms with Crippen LogP contribution in [0.1, 0.15) is 37.3 Å². The molecule has 1 aromatic carbocycles. The summed E-state index contributed by atoms with van der Waals surface area (Å²) in [5.74, 6) is 0. The quantitative estimate of drug-likeness (QED) is 0.509. The fourth-order valence-electron chi connectivity index (χ4n) is 1.66. The second kappa shape index (κ2) is 7.04. The number of unbranched alkanes of at least 4 members (excludes halogenated alkanes) is 2. The topological polar surface area (TPSA) is 20.3 Å². The number of benzene rings is 1. The van der Waals surface area contributed by atoms with Crippen molar-refractivity contribution in [2.45, 2.75) is 39.7 Å². The van der Waals surface area contributed by atoms with E-state index in [9.17, 15) is 4.79 Å². The average Bonchev–Trinajstić information content (AvgIpc) is 2.31. The smallest absolute Gasteiger partial charge is 0.210 e. The predicted molar refractivity (Wildman–Crippen MR) is 67.2 cm³/mol. The molecule has 0 heterocycles.